The van der Waals surface area contributed by atoms with Crippen LogP contribution in [0, 0.1) is 6.92 Å². The number of carbonyl (C=O) groups is 1. The Hall–Kier alpha value is -2.53. The minimum absolute atomic E-state index is 0.132. The van der Waals surface area contributed by atoms with Crippen molar-refractivity contribution in [1.29, 1.82) is 0 Å². The van der Waals surface area contributed by atoms with Crippen LogP contribution in [-0.2, 0) is 9.47 Å². The quantitative estimate of drug-likeness (QED) is 0.190. The standard InChI is InChI=1S/C27H37NO4/c1-3-4-5-6-15-30-25-11-7-21(8-12-25)22-9-13-26(14-10-22)31-19-32-27(29)23-16-20(2)17-24(28)18-23/h9-10,13-14,16-18,21,25H,3-8,11-12,15,19,28H2,1-2H3. The van der Waals surface area contributed by atoms with Crippen molar-refractivity contribution < 1.29 is 19.0 Å². The first-order valence-electron chi connectivity index (χ1n) is 11.9. The lowest BCUT2D eigenvalue weighted by Crippen LogP contribution is -2.21. The highest BCUT2D eigenvalue weighted by molar-refractivity contribution is 5.90. The number of nitrogens with two attached hydrogens (primary N) is 1. The number of rotatable bonds is 11. The lowest BCUT2D eigenvalue weighted by atomic mass is 9.83. The summed E-state index contributed by atoms with van der Waals surface area (Å²) in [7, 11) is 0. The van der Waals surface area contributed by atoms with Crippen molar-refractivity contribution in [2.75, 3.05) is 19.1 Å². The molecule has 1 fully saturated rings. The van der Waals surface area contributed by atoms with Crippen molar-refractivity contribution in [2.45, 2.75) is 77.2 Å². The van der Waals surface area contributed by atoms with Crippen molar-refractivity contribution >= 4 is 11.7 Å². The summed E-state index contributed by atoms with van der Waals surface area (Å²) in [6, 6.07) is 13.3. The Labute approximate surface area is 192 Å². The van der Waals surface area contributed by atoms with E-state index in [1.807, 2.05) is 25.1 Å². The molecule has 0 spiro atoms. The van der Waals surface area contributed by atoms with Crippen LogP contribution in [0.15, 0.2) is 42.5 Å². The van der Waals surface area contributed by atoms with Crippen LogP contribution in [-0.4, -0.2) is 25.5 Å². The van der Waals surface area contributed by atoms with Crippen molar-refractivity contribution in [2.24, 2.45) is 0 Å². The molecule has 0 radical (unpaired) electrons. The minimum atomic E-state index is -0.443. The molecule has 0 saturated heterocycles. The topological polar surface area (TPSA) is 70.8 Å². The molecule has 0 aliphatic heterocycles. The van der Waals surface area contributed by atoms with E-state index in [1.165, 1.54) is 31.2 Å². The van der Waals surface area contributed by atoms with Gasteiger partial charge >= 0.3 is 5.97 Å². The maximum Gasteiger partial charge on any atom is 0.341 e. The highest BCUT2D eigenvalue weighted by Crippen LogP contribution is 2.34. The maximum absolute atomic E-state index is 12.2. The van der Waals surface area contributed by atoms with Crippen LogP contribution < -0.4 is 10.5 Å². The number of unbranched alkanes of at least 4 members (excludes halogenated alkanes) is 3. The Kier molecular flexibility index (Phi) is 9.42. The van der Waals surface area contributed by atoms with E-state index in [0.29, 0.717) is 29.0 Å². The number of anilines is 1. The summed E-state index contributed by atoms with van der Waals surface area (Å²) in [4.78, 5) is 12.2. The van der Waals surface area contributed by atoms with Gasteiger partial charge in [0, 0.05) is 12.3 Å². The Balaban J connectivity index is 1.37. The monoisotopic (exact) mass is 439 g/mol. The molecule has 0 heterocycles. The van der Waals surface area contributed by atoms with Gasteiger partial charge in [-0.25, -0.2) is 4.79 Å². The first kappa shape index (κ1) is 24.1. The summed E-state index contributed by atoms with van der Waals surface area (Å²) in [5.41, 5.74) is 9.02. The van der Waals surface area contributed by atoms with Gasteiger partial charge < -0.3 is 19.9 Å². The molecule has 0 atom stereocenters. The molecule has 5 heteroatoms. The summed E-state index contributed by atoms with van der Waals surface area (Å²) < 4.78 is 16.9. The molecule has 5 nitrogen and oxygen atoms in total. The SMILES string of the molecule is CCCCCCOC1CCC(c2ccc(OCOC(=O)c3cc(C)cc(N)c3)cc2)CC1. The second-order valence-electron chi connectivity index (χ2n) is 8.80. The molecular weight excluding hydrogens is 402 g/mol. The molecule has 2 N–H and O–H groups in total. The number of aryl methyl sites for hydroxylation is 1. The summed E-state index contributed by atoms with van der Waals surface area (Å²) in [6.45, 7) is 4.90. The van der Waals surface area contributed by atoms with Crippen LogP contribution in [0.3, 0.4) is 0 Å². The molecule has 0 amide bonds. The second kappa shape index (κ2) is 12.5. The van der Waals surface area contributed by atoms with Gasteiger partial charge in [-0.1, -0.05) is 38.3 Å². The van der Waals surface area contributed by atoms with E-state index >= 15 is 0 Å². The third kappa shape index (κ3) is 7.56. The highest BCUT2D eigenvalue weighted by Gasteiger charge is 2.22. The predicted octanol–water partition coefficient (Wildman–Crippen LogP) is 6.39. The van der Waals surface area contributed by atoms with Gasteiger partial charge in [-0.15, -0.1) is 0 Å². The van der Waals surface area contributed by atoms with Gasteiger partial charge in [0.2, 0.25) is 6.79 Å². The maximum atomic E-state index is 12.2. The van der Waals surface area contributed by atoms with Gasteiger partial charge in [-0.3, -0.25) is 0 Å². The summed E-state index contributed by atoms with van der Waals surface area (Å²) in [6.07, 6.45) is 10.1. The van der Waals surface area contributed by atoms with Crippen LogP contribution in [0.4, 0.5) is 5.69 Å². The Morgan fingerprint density at radius 3 is 2.44 bits per heavy atom. The zero-order chi connectivity index (χ0) is 22.8. The van der Waals surface area contributed by atoms with E-state index in [4.69, 9.17) is 19.9 Å². The molecule has 1 aliphatic rings. The molecular formula is C27H37NO4. The number of nitrogen functional groups attached to an aromatic ring is 1. The molecule has 2 aromatic rings. The molecule has 32 heavy (non-hydrogen) atoms. The van der Waals surface area contributed by atoms with E-state index in [-0.39, 0.29) is 6.79 Å². The summed E-state index contributed by atoms with van der Waals surface area (Å²) >= 11 is 0. The fourth-order valence-corrected chi connectivity index (χ4v) is 4.34. The normalized spacial score (nSPS) is 18.3. The molecule has 0 aromatic heterocycles. The van der Waals surface area contributed by atoms with Gasteiger partial charge in [0.25, 0.3) is 0 Å². The van der Waals surface area contributed by atoms with Gasteiger partial charge in [0.15, 0.2) is 0 Å². The summed E-state index contributed by atoms with van der Waals surface area (Å²) in [5, 5.41) is 0. The molecule has 0 bridgehead atoms. The fraction of sp³-hybridized carbons (Fsp3) is 0.519. The van der Waals surface area contributed by atoms with Gasteiger partial charge in [0.1, 0.15) is 5.75 Å². The van der Waals surface area contributed by atoms with E-state index in [2.05, 4.69) is 19.1 Å². The molecule has 1 aliphatic carbocycles. The number of benzene rings is 2. The smallest absolute Gasteiger partial charge is 0.341 e. The van der Waals surface area contributed by atoms with Crippen LogP contribution in [0.25, 0.3) is 0 Å². The van der Waals surface area contributed by atoms with Gasteiger partial charge in [-0.2, -0.15) is 0 Å². The van der Waals surface area contributed by atoms with Crippen molar-refractivity contribution in [3.05, 3.63) is 59.2 Å². The van der Waals surface area contributed by atoms with Crippen LogP contribution in [0.2, 0.25) is 0 Å². The Morgan fingerprint density at radius 1 is 1.00 bits per heavy atom. The van der Waals surface area contributed by atoms with E-state index in [1.54, 1.807) is 12.1 Å². The molecule has 3 rings (SSSR count). The number of carbonyl (C=O) groups excluding carboxylic acids is 1. The average Bonchev–Trinajstić information content (AvgIpc) is 2.79. The first-order chi connectivity index (χ1) is 15.5. The second-order valence-corrected chi connectivity index (χ2v) is 8.80. The van der Waals surface area contributed by atoms with Crippen LogP contribution in [0.5, 0.6) is 5.75 Å². The lowest BCUT2D eigenvalue weighted by Gasteiger charge is -2.29. The molecule has 2 aromatic carbocycles. The zero-order valence-electron chi connectivity index (χ0n) is 19.5. The third-order valence-electron chi connectivity index (χ3n) is 6.13. The Bertz CT molecular complexity index is 821. The van der Waals surface area contributed by atoms with Crippen molar-refractivity contribution in [3.8, 4) is 5.75 Å². The number of hydrogen-bond acceptors (Lipinski definition) is 5. The zero-order valence-corrected chi connectivity index (χ0v) is 19.5. The highest BCUT2D eigenvalue weighted by atomic mass is 16.7. The van der Waals surface area contributed by atoms with Gasteiger partial charge in [0.05, 0.1) is 11.7 Å². The number of hydrogen-bond donors (Lipinski definition) is 1. The Morgan fingerprint density at radius 2 is 1.75 bits per heavy atom. The van der Waals surface area contributed by atoms with Crippen molar-refractivity contribution in [3.63, 3.8) is 0 Å². The van der Waals surface area contributed by atoms with E-state index in [0.717, 1.165) is 37.9 Å². The van der Waals surface area contributed by atoms with E-state index < -0.39 is 5.97 Å². The third-order valence-corrected chi connectivity index (χ3v) is 6.13. The van der Waals surface area contributed by atoms with Crippen molar-refractivity contribution in [1.82, 2.24) is 0 Å². The van der Waals surface area contributed by atoms with E-state index in [9.17, 15) is 4.79 Å². The molecule has 0 unspecified atom stereocenters. The fourth-order valence-electron chi connectivity index (χ4n) is 4.34. The van der Waals surface area contributed by atoms with Crippen LogP contribution >= 0.6 is 0 Å². The minimum Gasteiger partial charge on any atom is -0.457 e. The average molecular weight is 440 g/mol. The molecule has 174 valence electrons. The largest absolute Gasteiger partial charge is 0.457 e. The molecule has 1 saturated carbocycles. The summed E-state index contributed by atoms with van der Waals surface area (Å²) in [5.74, 6) is 0.823. The first-order valence-corrected chi connectivity index (χ1v) is 11.9. The number of esters is 1. The van der Waals surface area contributed by atoms with Crippen LogP contribution in [0.1, 0.15) is 85.7 Å². The number of ether oxygens (including phenoxy) is 3. The predicted molar refractivity (Wildman–Crippen MR) is 128 cm³/mol. The lowest BCUT2D eigenvalue weighted by molar-refractivity contribution is 0.0153. The van der Waals surface area contributed by atoms with Gasteiger partial charge in [-0.05, 0) is 86.4 Å².